The second-order valence-electron chi connectivity index (χ2n) is 3.90. The molecule has 1 atom stereocenters. The first kappa shape index (κ1) is 14.1. The van der Waals surface area contributed by atoms with Crippen LogP contribution in [0.1, 0.15) is 26.7 Å². The molecular formula is C10H20N4O2S. The van der Waals surface area contributed by atoms with Crippen LogP contribution in [0.4, 0.5) is 6.01 Å². The lowest BCUT2D eigenvalue weighted by Crippen LogP contribution is -2.21. The summed E-state index contributed by atoms with van der Waals surface area (Å²) < 4.78 is 16.5. The van der Waals surface area contributed by atoms with E-state index in [9.17, 15) is 4.21 Å². The van der Waals surface area contributed by atoms with E-state index in [1.54, 1.807) is 0 Å². The minimum absolute atomic E-state index is 0.380. The van der Waals surface area contributed by atoms with Crippen LogP contribution in [-0.2, 0) is 17.3 Å². The molecule has 1 heterocycles. The van der Waals surface area contributed by atoms with Gasteiger partial charge in [-0.1, -0.05) is 25.9 Å². The Bertz CT molecular complexity index is 354. The summed E-state index contributed by atoms with van der Waals surface area (Å²) in [5.74, 6) is 1.82. The van der Waals surface area contributed by atoms with Gasteiger partial charge < -0.3 is 15.1 Å². The molecule has 0 saturated heterocycles. The van der Waals surface area contributed by atoms with E-state index >= 15 is 0 Å². The Morgan fingerprint density at radius 3 is 2.82 bits per heavy atom. The molecule has 0 aliphatic heterocycles. The molecule has 0 bridgehead atoms. The summed E-state index contributed by atoms with van der Waals surface area (Å²) in [4.78, 5) is 0. The van der Waals surface area contributed by atoms with Gasteiger partial charge in [-0.05, 0) is 0 Å². The molecule has 0 spiro atoms. The highest BCUT2D eigenvalue weighted by Gasteiger charge is 2.06. The highest BCUT2D eigenvalue weighted by Crippen LogP contribution is 2.04. The van der Waals surface area contributed by atoms with Gasteiger partial charge >= 0.3 is 6.01 Å². The summed E-state index contributed by atoms with van der Waals surface area (Å²) in [6.07, 6.45) is 0. The second kappa shape index (κ2) is 7.39. The van der Waals surface area contributed by atoms with Gasteiger partial charge in [0.1, 0.15) is 0 Å². The number of anilines is 1. The first-order chi connectivity index (χ1) is 8.11. The van der Waals surface area contributed by atoms with E-state index in [0.717, 1.165) is 0 Å². The van der Waals surface area contributed by atoms with E-state index in [0.29, 0.717) is 42.5 Å². The third-order valence-corrected chi connectivity index (χ3v) is 3.36. The van der Waals surface area contributed by atoms with Crippen LogP contribution in [0.2, 0.25) is 0 Å². The summed E-state index contributed by atoms with van der Waals surface area (Å²) in [7, 11) is -0.768. The molecule has 0 aliphatic rings. The lowest BCUT2D eigenvalue weighted by Gasteiger charge is -2.03. The minimum Gasteiger partial charge on any atom is -0.407 e. The van der Waals surface area contributed by atoms with Crippen LogP contribution < -0.4 is 10.6 Å². The average molecular weight is 260 g/mol. The van der Waals surface area contributed by atoms with E-state index < -0.39 is 10.8 Å². The Kier molecular flexibility index (Phi) is 6.13. The van der Waals surface area contributed by atoms with Gasteiger partial charge in [-0.15, -0.1) is 5.10 Å². The quantitative estimate of drug-likeness (QED) is 0.718. The molecule has 0 amide bonds. The van der Waals surface area contributed by atoms with Gasteiger partial charge in [0.2, 0.25) is 5.89 Å². The van der Waals surface area contributed by atoms with Crippen LogP contribution in [0.25, 0.3) is 0 Å². The first-order valence-corrected chi connectivity index (χ1v) is 7.25. The summed E-state index contributed by atoms with van der Waals surface area (Å²) in [5.41, 5.74) is 0. The Labute approximate surface area is 104 Å². The van der Waals surface area contributed by atoms with Gasteiger partial charge in [0.25, 0.3) is 0 Å². The molecule has 1 aromatic rings. The van der Waals surface area contributed by atoms with Crippen molar-refractivity contribution in [3.63, 3.8) is 0 Å². The number of nitrogens with one attached hydrogen (secondary N) is 2. The van der Waals surface area contributed by atoms with Gasteiger partial charge in [0.05, 0.1) is 6.54 Å². The Morgan fingerprint density at radius 2 is 2.18 bits per heavy atom. The fourth-order valence-electron chi connectivity index (χ4n) is 1.10. The molecule has 0 aromatic carbocycles. The van der Waals surface area contributed by atoms with Crippen molar-refractivity contribution in [3.8, 4) is 0 Å². The van der Waals surface area contributed by atoms with Crippen molar-refractivity contribution < 1.29 is 8.63 Å². The van der Waals surface area contributed by atoms with Crippen LogP contribution in [0.5, 0.6) is 0 Å². The molecule has 1 unspecified atom stereocenters. The van der Waals surface area contributed by atoms with Gasteiger partial charge in [-0.25, -0.2) is 0 Å². The lowest BCUT2D eigenvalue weighted by molar-refractivity contribution is 0.459. The monoisotopic (exact) mass is 260 g/mol. The summed E-state index contributed by atoms with van der Waals surface area (Å²) in [6, 6.07) is 0.768. The zero-order valence-corrected chi connectivity index (χ0v) is 11.3. The molecule has 0 radical (unpaired) electrons. The molecule has 98 valence electrons. The van der Waals surface area contributed by atoms with Crippen molar-refractivity contribution in [2.75, 3.05) is 23.4 Å². The van der Waals surface area contributed by atoms with E-state index in [4.69, 9.17) is 4.42 Å². The maximum atomic E-state index is 11.2. The Hall–Kier alpha value is -0.950. The maximum Gasteiger partial charge on any atom is 0.315 e. The summed E-state index contributed by atoms with van der Waals surface area (Å²) >= 11 is 0. The molecule has 7 heteroatoms. The zero-order chi connectivity index (χ0) is 12.7. The molecular weight excluding hydrogens is 240 g/mol. The Morgan fingerprint density at radius 1 is 1.41 bits per heavy atom. The van der Waals surface area contributed by atoms with Crippen LogP contribution in [0, 0.1) is 0 Å². The van der Waals surface area contributed by atoms with Gasteiger partial charge in [0.15, 0.2) is 0 Å². The predicted molar refractivity (Wildman–Crippen MR) is 68.3 cm³/mol. The van der Waals surface area contributed by atoms with E-state index in [2.05, 4.69) is 34.7 Å². The third-order valence-electron chi connectivity index (χ3n) is 2.06. The molecule has 0 aliphatic carbocycles. The van der Waals surface area contributed by atoms with Gasteiger partial charge in [-0.3, -0.25) is 4.21 Å². The van der Waals surface area contributed by atoms with E-state index in [-0.39, 0.29) is 0 Å². The normalized spacial score (nSPS) is 12.9. The van der Waals surface area contributed by atoms with E-state index in [1.165, 1.54) is 0 Å². The van der Waals surface area contributed by atoms with Crippen LogP contribution >= 0.6 is 0 Å². The molecule has 1 aromatic heterocycles. The number of nitrogens with zero attached hydrogens (tertiary/aromatic N) is 2. The summed E-state index contributed by atoms with van der Waals surface area (Å²) in [5, 5.41) is 13.9. The maximum absolute atomic E-state index is 11.2. The largest absolute Gasteiger partial charge is 0.407 e. The van der Waals surface area contributed by atoms with Crippen LogP contribution in [0.3, 0.4) is 0 Å². The van der Waals surface area contributed by atoms with Gasteiger partial charge in [0, 0.05) is 34.9 Å². The van der Waals surface area contributed by atoms with Crippen molar-refractivity contribution in [3.05, 3.63) is 5.89 Å². The highest BCUT2D eigenvalue weighted by atomic mass is 32.2. The SMILES string of the molecule is CCS(=O)CCNc1nnc(CNC(C)C)o1. The Balaban J connectivity index is 2.28. The topological polar surface area (TPSA) is 80.0 Å². The predicted octanol–water partition coefficient (Wildman–Crippen LogP) is 0.748. The molecule has 0 fully saturated rings. The van der Waals surface area contributed by atoms with Crippen molar-refractivity contribution >= 4 is 16.8 Å². The fourth-order valence-corrected chi connectivity index (χ4v) is 1.72. The smallest absolute Gasteiger partial charge is 0.315 e. The minimum atomic E-state index is -0.768. The van der Waals surface area contributed by atoms with Crippen molar-refractivity contribution in [2.45, 2.75) is 33.4 Å². The lowest BCUT2D eigenvalue weighted by atomic mass is 10.4. The number of hydrogen-bond donors (Lipinski definition) is 2. The highest BCUT2D eigenvalue weighted by molar-refractivity contribution is 7.84. The fraction of sp³-hybridized carbons (Fsp3) is 0.800. The number of aromatic nitrogens is 2. The van der Waals surface area contributed by atoms with E-state index in [1.807, 2.05) is 6.92 Å². The number of rotatable bonds is 8. The molecule has 2 N–H and O–H groups in total. The standard InChI is InChI=1S/C10H20N4O2S/c1-4-17(15)6-5-11-10-14-13-9(16-10)7-12-8(2)3/h8,12H,4-7H2,1-3H3,(H,11,14). The zero-order valence-electron chi connectivity index (χ0n) is 10.5. The second-order valence-corrected chi connectivity index (χ2v) is 5.76. The molecule has 6 nitrogen and oxygen atoms in total. The molecule has 0 saturated carbocycles. The third kappa shape index (κ3) is 5.78. The average Bonchev–Trinajstić information content (AvgIpc) is 2.74. The van der Waals surface area contributed by atoms with Crippen LogP contribution in [-0.4, -0.2) is 38.5 Å². The summed E-state index contributed by atoms with van der Waals surface area (Å²) in [6.45, 7) is 7.15. The van der Waals surface area contributed by atoms with Crippen molar-refractivity contribution in [1.82, 2.24) is 15.5 Å². The van der Waals surface area contributed by atoms with Crippen molar-refractivity contribution in [2.24, 2.45) is 0 Å². The van der Waals surface area contributed by atoms with Crippen molar-refractivity contribution in [1.29, 1.82) is 0 Å². The first-order valence-electron chi connectivity index (χ1n) is 5.76. The van der Waals surface area contributed by atoms with Gasteiger partial charge in [-0.2, -0.15) is 0 Å². The number of hydrogen-bond acceptors (Lipinski definition) is 6. The molecule has 17 heavy (non-hydrogen) atoms. The molecule has 1 rings (SSSR count). The van der Waals surface area contributed by atoms with Crippen LogP contribution in [0.15, 0.2) is 4.42 Å².